The molecule has 4 heteroatoms. The maximum atomic E-state index is 10.2. The van der Waals surface area contributed by atoms with Gasteiger partial charge in [-0.25, -0.2) is 0 Å². The fraction of sp³-hybridized carbons (Fsp3) is 0.875. The predicted molar refractivity (Wildman–Crippen MR) is 46.1 cm³/mol. The van der Waals surface area contributed by atoms with Gasteiger partial charge in [-0.05, 0) is 19.4 Å². The number of piperidine rings is 1. The summed E-state index contributed by atoms with van der Waals surface area (Å²) in [6.45, 7) is 2.65. The van der Waals surface area contributed by atoms with Gasteiger partial charge < -0.3 is 15.7 Å². The van der Waals surface area contributed by atoms with Gasteiger partial charge in [0.1, 0.15) is 0 Å². The fourth-order valence-corrected chi connectivity index (χ4v) is 1.41. The van der Waals surface area contributed by atoms with Crippen LogP contribution in [0.5, 0.6) is 0 Å². The molecule has 0 spiro atoms. The molecule has 1 heterocycles. The van der Waals surface area contributed by atoms with Crippen molar-refractivity contribution in [3.8, 4) is 0 Å². The van der Waals surface area contributed by atoms with E-state index in [0.29, 0.717) is 12.6 Å². The van der Waals surface area contributed by atoms with Crippen LogP contribution >= 0.6 is 0 Å². The molecule has 1 atom stereocenters. The summed E-state index contributed by atoms with van der Waals surface area (Å²) in [4.78, 5) is 10.2. The van der Waals surface area contributed by atoms with E-state index in [2.05, 4.69) is 10.6 Å². The summed E-state index contributed by atoms with van der Waals surface area (Å²) < 4.78 is 0. The molecule has 1 rings (SSSR count). The van der Waals surface area contributed by atoms with Gasteiger partial charge in [0, 0.05) is 19.1 Å². The molecule has 1 aliphatic heterocycles. The number of aliphatic carboxylic acids is 1. The van der Waals surface area contributed by atoms with Crippen LogP contribution in [0.3, 0.4) is 0 Å². The summed E-state index contributed by atoms with van der Waals surface area (Å²) in [5, 5.41) is 14.9. The summed E-state index contributed by atoms with van der Waals surface area (Å²) >= 11 is 0. The standard InChI is InChI=1S/C8H16N2O2/c11-8(12)3-5-10-7-2-1-4-9-6-7/h7,9-10H,1-6H2,(H,11,12)/t7-/m0/s1. The van der Waals surface area contributed by atoms with Crippen molar-refractivity contribution in [1.82, 2.24) is 10.6 Å². The van der Waals surface area contributed by atoms with Gasteiger partial charge in [0.25, 0.3) is 0 Å². The molecular formula is C8H16N2O2. The molecule has 0 aromatic carbocycles. The summed E-state index contributed by atoms with van der Waals surface area (Å²) in [5.74, 6) is -0.730. The highest BCUT2D eigenvalue weighted by atomic mass is 16.4. The Bertz CT molecular complexity index is 144. The lowest BCUT2D eigenvalue weighted by molar-refractivity contribution is -0.136. The molecular weight excluding hydrogens is 156 g/mol. The summed E-state index contributed by atoms with van der Waals surface area (Å²) in [6, 6.07) is 0.470. The Labute approximate surface area is 72.3 Å². The molecule has 1 fully saturated rings. The van der Waals surface area contributed by atoms with E-state index in [9.17, 15) is 4.79 Å². The minimum atomic E-state index is -0.730. The number of carboxylic acid groups (broad SMARTS) is 1. The average Bonchev–Trinajstić information content (AvgIpc) is 2.05. The van der Waals surface area contributed by atoms with Gasteiger partial charge in [0.2, 0.25) is 0 Å². The van der Waals surface area contributed by atoms with Crippen LogP contribution in [0.15, 0.2) is 0 Å². The van der Waals surface area contributed by atoms with E-state index in [1.54, 1.807) is 0 Å². The summed E-state index contributed by atoms with van der Waals surface area (Å²) in [6.07, 6.45) is 2.56. The fourth-order valence-electron chi connectivity index (χ4n) is 1.41. The van der Waals surface area contributed by atoms with Crippen LogP contribution in [-0.4, -0.2) is 36.8 Å². The molecule has 0 aliphatic carbocycles. The van der Waals surface area contributed by atoms with Gasteiger partial charge in [-0.15, -0.1) is 0 Å². The Morgan fingerprint density at radius 3 is 3.08 bits per heavy atom. The first kappa shape index (κ1) is 9.48. The minimum Gasteiger partial charge on any atom is -0.481 e. The zero-order valence-electron chi connectivity index (χ0n) is 7.18. The molecule has 0 saturated carbocycles. The monoisotopic (exact) mass is 172 g/mol. The second-order valence-corrected chi connectivity index (χ2v) is 3.14. The van der Waals surface area contributed by atoms with E-state index in [1.807, 2.05) is 0 Å². The van der Waals surface area contributed by atoms with Crippen molar-refractivity contribution in [2.24, 2.45) is 0 Å². The normalized spacial score (nSPS) is 23.8. The van der Waals surface area contributed by atoms with Crippen LogP contribution in [0.25, 0.3) is 0 Å². The lowest BCUT2D eigenvalue weighted by Gasteiger charge is -2.23. The smallest absolute Gasteiger partial charge is 0.304 e. The minimum absolute atomic E-state index is 0.219. The molecule has 0 amide bonds. The van der Waals surface area contributed by atoms with Crippen molar-refractivity contribution in [3.05, 3.63) is 0 Å². The molecule has 1 saturated heterocycles. The van der Waals surface area contributed by atoms with Crippen LogP contribution in [0.4, 0.5) is 0 Å². The second kappa shape index (κ2) is 5.11. The molecule has 0 radical (unpaired) electrons. The molecule has 0 unspecified atom stereocenters. The maximum absolute atomic E-state index is 10.2. The molecule has 70 valence electrons. The van der Waals surface area contributed by atoms with Gasteiger partial charge in [-0.3, -0.25) is 4.79 Å². The van der Waals surface area contributed by atoms with E-state index in [4.69, 9.17) is 5.11 Å². The first-order valence-electron chi connectivity index (χ1n) is 4.45. The highest BCUT2D eigenvalue weighted by Crippen LogP contribution is 2.00. The van der Waals surface area contributed by atoms with Crippen LogP contribution in [0, 0.1) is 0 Å². The third-order valence-corrected chi connectivity index (χ3v) is 2.07. The van der Waals surface area contributed by atoms with E-state index in [1.165, 1.54) is 6.42 Å². The van der Waals surface area contributed by atoms with Crippen LogP contribution in [0.2, 0.25) is 0 Å². The van der Waals surface area contributed by atoms with Crippen LogP contribution < -0.4 is 10.6 Å². The quantitative estimate of drug-likeness (QED) is 0.549. The van der Waals surface area contributed by atoms with E-state index in [-0.39, 0.29) is 6.42 Å². The van der Waals surface area contributed by atoms with Crippen molar-refractivity contribution in [2.75, 3.05) is 19.6 Å². The van der Waals surface area contributed by atoms with Crippen molar-refractivity contribution >= 4 is 5.97 Å². The summed E-state index contributed by atoms with van der Waals surface area (Å²) in [7, 11) is 0. The Morgan fingerprint density at radius 1 is 1.67 bits per heavy atom. The molecule has 3 N–H and O–H groups in total. The van der Waals surface area contributed by atoms with Gasteiger partial charge in [0.15, 0.2) is 0 Å². The molecule has 12 heavy (non-hydrogen) atoms. The van der Waals surface area contributed by atoms with Crippen LogP contribution in [-0.2, 0) is 4.79 Å². The van der Waals surface area contributed by atoms with Gasteiger partial charge in [0.05, 0.1) is 6.42 Å². The van der Waals surface area contributed by atoms with Gasteiger partial charge in [-0.1, -0.05) is 0 Å². The number of nitrogens with one attached hydrogen (secondary N) is 2. The van der Waals surface area contributed by atoms with Crippen molar-refractivity contribution < 1.29 is 9.90 Å². The molecule has 0 aromatic rings. The Hall–Kier alpha value is -0.610. The highest BCUT2D eigenvalue weighted by molar-refractivity contribution is 5.66. The zero-order chi connectivity index (χ0) is 8.81. The third-order valence-electron chi connectivity index (χ3n) is 2.07. The highest BCUT2D eigenvalue weighted by Gasteiger charge is 2.11. The first-order chi connectivity index (χ1) is 5.79. The van der Waals surface area contributed by atoms with Crippen molar-refractivity contribution in [2.45, 2.75) is 25.3 Å². The SMILES string of the molecule is O=C(O)CCN[C@H]1CCCNC1. The topological polar surface area (TPSA) is 61.4 Å². The predicted octanol–water partition coefficient (Wildman–Crippen LogP) is -0.197. The molecule has 4 nitrogen and oxygen atoms in total. The van der Waals surface area contributed by atoms with E-state index in [0.717, 1.165) is 19.5 Å². The largest absolute Gasteiger partial charge is 0.481 e. The number of carbonyl (C=O) groups is 1. The third kappa shape index (κ3) is 3.69. The van der Waals surface area contributed by atoms with Gasteiger partial charge in [-0.2, -0.15) is 0 Å². The first-order valence-corrected chi connectivity index (χ1v) is 4.45. The van der Waals surface area contributed by atoms with Gasteiger partial charge >= 0.3 is 5.97 Å². The van der Waals surface area contributed by atoms with E-state index < -0.39 is 5.97 Å². The summed E-state index contributed by atoms with van der Waals surface area (Å²) in [5.41, 5.74) is 0. The second-order valence-electron chi connectivity index (χ2n) is 3.14. The molecule has 0 aromatic heterocycles. The zero-order valence-corrected chi connectivity index (χ0v) is 7.18. The lowest BCUT2D eigenvalue weighted by Crippen LogP contribution is -2.43. The Balaban J connectivity index is 2.01. The number of hydrogen-bond donors (Lipinski definition) is 3. The average molecular weight is 172 g/mol. The lowest BCUT2D eigenvalue weighted by atomic mass is 10.1. The van der Waals surface area contributed by atoms with Crippen molar-refractivity contribution in [1.29, 1.82) is 0 Å². The van der Waals surface area contributed by atoms with Crippen molar-refractivity contribution in [3.63, 3.8) is 0 Å². The Morgan fingerprint density at radius 2 is 2.50 bits per heavy atom. The number of hydrogen-bond acceptors (Lipinski definition) is 3. The Kier molecular flexibility index (Phi) is 4.04. The van der Waals surface area contributed by atoms with Crippen LogP contribution in [0.1, 0.15) is 19.3 Å². The maximum Gasteiger partial charge on any atom is 0.304 e. The number of rotatable bonds is 4. The van der Waals surface area contributed by atoms with E-state index >= 15 is 0 Å². The molecule has 0 bridgehead atoms. The molecule has 1 aliphatic rings. The number of carboxylic acids is 1.